The number of esters is 1. The molecule has 1 saturated heterocycles. The molecule has 0 amide bonds. The summed E-state index contributed by atoms with van der Waals surface area (Å²) in [6.45, 7) is 1.02. The van der Waals surface area contributed by atoms with E-state index in [4.69, 9.17) is 14.2 Å². The Hall–Kier alpha value is -0.130. The average Bonchev–Trinajstić information content (AvgIpc) is 2.43. The Morgan fingerprint density at radius 3 is 2.71 bits per heavy atom. The van der Waals surface area contributed by atoms with Gasteiger partial charge in [0.05, 0.1) is 6.61 Å². The molecule has 0 bridgehead atoms. The Morgan fingerprint density at radius 2 is 2.19 bits per heavy atom. The van der Waals surface area contributed by atoms with Gasteiger partial charge in [-0.1, -0.05) is 29.5 Å². The maximum absolute atomic E-state index is 13.2. The Labute approximate surface area is 134 Å². The summed E-state index contributed by atoms with van der Waals surface area (Å²) in [7, 11) is 1.21. The topological polar surface area (TPSA) is 54.0 Å². The third kappa shape index (κ3) is 4.93. The van der Waals surface area contributed by atoms with Crippen LogP contribution in [0.3, 0.4) is 0 Å². The Bertz CT molecular complexity index is 352. The fourth-order valence-electron chi connectivity index (χ4n) is 1.86. The molecule has 1 aliphatic rings. The number of carbonyl (C=O) groups is 1. The molecule has 21 heavy (non-hydrogen) atoms. The SMILES string of the molecule is CCC(I)C(=O)OC1CCOC(OCOC)(C(F)(F)F)C1. The zero-order valence-electron chi connectivity index (χ0n) is 11.7. The molecule has 1 aliphatic heterocycles. The van der Waals surface area contributed by atoms with Crippen molar-refractivity contribution in [2.24, 2.45) is 0 Å². The summed E-state index contributed by atoms with van der Waals surface area (Å²) in [6, 6.07) is 0. The number of ether oxygens (including phenoxy) is 4. The average molecular weight is 426 g/mol. The van der Waals surface area contributed by atoms with Crippen molar-refractivity contribution in [1.29, 1.82) is 0 Å². The van der Waals surface area contributed by atoms with Gasteiger partial charge in [0.2, 0.25) is 0 Å². The summed E-state index contributed by atoms with van der Waals surface area (Å²) < 4.78 is 58.4. The first-order chi connectivity index (χ1) is 9.75. The normalized spacial score (nSPS) is 28.2. The van der Waals surface area contributed by atoms with Crippen molar-refractivity contribution in [3.63, 3.8) is 0 Å². The molecular formula is C12H18F3IO5. The first kappa shape index (κ1) is 18.9. The quantitative estimate of drug-likeness (QED) is 0.283. The number of hydrogen-bond donors (Lipinski definition) is 0. The minimum absolute atomic E-state index is 0.201. The van der Waals surface area contributed by atoms with Crippen molar-refractivity contribution in [1.82, 2.24) is 0 Å². The molecule has 0 aliphatic carbocycles. The van der Waals surface area contributed by atoms with Gasteiger partial charge in [0.25, 0.3) is 5.79 Å². The largest absolute Gasteiger partial charge is 0.461 e. The zero-order valence-corrected chi connectivity index (χ0v) is 13.9. The molecule has 0 saturated carbocycles. The van der Waals surface area contributed by atoms with E-state index >= 15 is 0 Å². The number of methoxy groups -OCH3 is 1. The van der Waals surface area contributed by atoms with Crippen molar-refractivity contribution in [3.8, 4) is 0 Å². The van der Waals surface area contributed by atoms with Gasteiger partial charge in [0.15, 0.2) is 0 Å². The van der Waals surface area contributed by atoms with Crippen LogP contribution in [-0.4, -0.2) is 48.5 Å². The van der Waals surface area contributed by atoms with Crippen molar-refractivity contribution in [3.05, 3.63) is 0 Å². The number of carbonyl (C=O) groups excluding carboxylic acids is 1. The third-order valence-corrected chi connectivity index (χ3v) is 4.40. The van der Waals surface area contributed by atoms with Gasteiger partial charge in [0, 0.05) is 20.0 Å². The molecule has 0 radical (unpaired) electrons. The molecule has 3 atom stereocenters. The van der Waals surface area contributed by atoms with Crippen LogP contribution in [0.25, 0.3) is 0 Å². The lowest BCUT2D eigenvalue weighted by atomic mass is 10.0. The van der Waals surface area contributed by atoms with Gasteiger partial charge in [-0.05, 0) is 6.42 Å². The van der Waals surface area contributed by atoms with E-state index in [0.29, 0.717) is 6.42 Å². The van der Waals surface area contributed by atoms with E-state index in [-0.39, 0.29) is 17.0 Å². The van der Waals surface area contributed by atoms with Crippen LogP contribution in [0.1, 0.15) is 26.2 Å². The van der Waals surface area contributed by atoms with Crippen molar-refractivity contribution < 1.29 is 36.9 Å². The smallest absolute Gasteiger partial charge is 0.443 e. The Morgan fingerprint density at radius 1 is 1.52 bits per heavy atom. The second-order valence-electron chi connectivity index (χ2n) is 4.58. The minimum atomic E-state index is -4.74. The molecule has 0 spiro atoms. The van der Waals surface area contributed by atoms with Crippen LogP contribution in [-0.2, 0) is 23.7 Å². The molecule has 0 aromatic heterocycles. The first-order valence-electron chi connectivity index (χ1n) is 6.44. The van der Waals surface area contributed by atoms with Gasteiger partial charge in [-0.15, -0.1) is 0 Å². The molecule has 0 N–H and O–H groups in total. The highest BCUT2D eigenvalue weighted by Gasteiger charge is 2.60. The second kappa shape index (κ2) is 7.93. The van der Waals surface area contributed by atoms with Crippen molar-refractivity contribution in [2.75, 3.05) is 20.5 Å². The number of hydrogen-bond acceptors (Lipinski definition) is 5. The van der Waals surface area contributed by atoms with Crippen molar-refractivity contribution in [2.45, 2.75) is 48.2 Å². The second-order valence-corrected chi connectivity index (χ2v) is 6.08. The predicted molar refractivity (Wildman–Crippen MR) is 74.9 cm³/mol. The van der Waals surface area contributed by atoms with E-state index in [1.807, 2.05) is 22.6 Å². The Balaban J connectivity index is 2.76. The highest BCUT2D eigenvalue weighted by Crippen LogP contribution is 2.42. The summed E-state index contributed by atoms with van der Waals surface area (Å²) in [5.41, 5.74) is 0. The van der Waals surface area contributed by atoms with Gasteiger partial charge in [-0.25, -0.2) is 0 Å². The number of alkyl halides is 4. The van der Waals surface area contributed by atoms with Gasteiger partial charge >= 0.3 is 12.1 Å². The Kier molecular flexibility index (Phi) is 7.14. The van der Waals surface area contributed by atoms with Crippen LogP contribution < -0.4 is 0 Å². The van der Waals surface area contributed by atoms with Crippen molar-refractivity contribution >= 4 is 28.6 Å². The minimum Gasteiger partial charge on any atom is -0.461 e. The fourth-order valence-corrected chi connectivity index (χ4v) is 2.00. The molecule has 1 fully saturated rings. The molecule has 9 heteroatoms. The fraction of sp³-hybridized carbons (Fsp3) is 0.917. The van der Waals surface area contributed by atoms with Crippen LogP contribution >= 0.6 is 22.6 Å². The summed E-state index contributed by atoms with van der Waals surface area (Å²) in [5.74, 6) is -3.31. The maximum atomic E-state index is 13.2. The van der Waals surface area contributed by atoms with E-state index in [1.165, 1.54) is 7.11 Å². The number of halogens is 4. The van der Waals surface area contributed by atoms with E-state index < -0.39 is 37.3 Å². The van der Waals surface area contributed by atoms with Gasteiger partial charge in [0.1, 0.15) is 16.8 Å². The predicted octanol–water partition coefficient (Wildman–Crippen LogP) is 2.80. The molecule has 1 rings (SSSR count). The molecule has 5 nitrogen and oxygen atoms in total. The van der Waals surface area contributed by atoms with E-state index in [1.54, 1.807) is 6.92 Å². The van der Waals surface area contributed by atoms with Gasteiger partial charge in [-0.3, -0.25) is 4.79 Å². The van der Waals surface area contributed by atoms with Crippen LogP contribution in [0, 0.1) is 0 Å². The van der Waals surface area contributed by atoms with E-state index in [9.17, 15) is 18.0 Å². The van der Waals surface area contributed by atoms with Gasteiger partial charge in [-0.2, -0.15) is 13.2 Å². The summed E-state index contributed by atoms with van der Waals surface area (Å²) in [5, 5.41) is 0. The highest BCUT2D eigenvalue weighted by molar-refractivity contribution is 14.1. The lowest BCUT2D eigenvalue weighted by Crippen LogP contribution is -2.56. The van der Waals surface area contributed by atoms with Gasteiger partial charge < -0.3 is 18.9 Å². The zero-order chi connectivity index (χ0) is 16.1. The highest BCUT2D eigenvalue weighted by atomic mass is 127. The van der Waals surface area contributed by atoms with Crippen LogP contribution in [0.2, 0.25) is 0 Å². The van der Waals surface area contributed by atoms with Crippen LogP contribution in [0.5, 0.6) is 0 Å². The summed E-state index contributed by atoms with van der Waals surface area (Å²) in [4.78, 5) is 11.7. The lowest BCUT2D eigenvalue weighted by Gasteiger charge is -2.40. The molecule has 0 aromatic rings. The first-order valence-corrected chi connectivity index (χ1v) is 7.68. The summed E-state index contributed by atoms with van der Waals surface area (Å²) in [6.07, 6.45) is -5.49. The monoisotopic (exact) mass is 426 g/mol. The van der Waals surface area contributed by atoms with E-state index in [0.717, 1.165) is 0 Å². The summed E-state index contributed by atoms with van der Waals surface area (Å²) >= 11 is 1.90. The molecular weight excluding hydrogens is 408 g/mol. The molecule has 124 valence electrons. The van der Waals surface area contributed by atoms with Crippen LogP contribution in [0.15, 0.2) is 0 Å². The standard InChI is InChI=1S/C12H18F3IO5/c1-3-9(16)10(17)21-8-4-5-19-11(6-8,12(13,14)15)20-7-18-2/h8-9H,3-7H2,1-2H3. The molecule has 3 unspecified atom stereocenters. The molecule has 1 heterocycles. The number of rotatable bonds is 6. The van der Waals surface area contributed by atoms with Crippen LogP contribution in [0.4, 0.5) is 13.2 Å². The maximum Gasteiger partial charge on any atom is 0.443 e. The van der Waals surface area contributed by atoms with E-state index in [2.05, 4.69) is 4.74 Å². The third-order valence-electron chi connectivity index (χ3n) is 3.01. The molecule has 0 aromatic carbocycles. The lowest BCUT2D eigenvalue weighted by molar-refractivity contribution is -0.410.